The summed E-state index contributed by atoms with van der Waals surface area (Å²) in [5.41, 5.74) is 1.45. The number of nitrogens with one attached hydrogen (secondary N) is 1. The highest BCUT2D eigenvalue weighted by molar-refractivity contribution is 6.43. The number of amides is 1. The first kappa shape index (κ1) is 17.1. The summed E-state index contributed by atoms with van der Waals surface area (Å²) in [5, 5.41) is 12.7. The molecule has 23 heavy (non-hydrogen) atoms. The maximum absolute atomic E-state index is 12.3. The molecule has 0 spiro atoms. The molecule has 1 unspecified atom stereocenters. The zero-order valence-electron chi connectivity index (χ0n) is 12.4. The first-order valence-electron chi connectivity index (χ1n) is 6.94. The Balaban J connectivity index is 2.21. The predicted molar refractivity (Wildman–Crippen MR) is 93.1 cm³/mol. The second-order valence-electron chi connectivity index (χ2n) is 4.92. The molecule has 3 nitrogen and oxygen atoms in total. The van der Waals surface area contributed by atoms with Crippen molar-refractivity contribution in [3.8, 4) is 6.07 Å². The molecule has 0 saturated heterocycles. The summed E-state index contributed by atoms with van der Waals surface area (Å²) >= 11 is 12.0. The molecule has 0 saturated carbocycles. The van der Waals surface area contributed by atoms with E-state index in [-0.39, 0.29) is 11.6 Å². The van der Waals surface area contributed by atoms with Crippen molar-refractivity contribution in [3.05, 3.63) is 75.3 Å². The Morgan fingerprint density at radius 3 is 2.52 bits per heavy atom. The molecular weight excluding hydrogens is 331 g/mol. The predicted octanol–water partition coefficient (Wildman–Crippen LogP) is 4.78. The minimum atomic E-state index is -0.458. The Hall–Kier alpha value is -2.28. The average molecular weight is 345 g/mol. The first-order valence-corrected chi connectivity index (χ1v) is 7.70. The zero-order chi connectivity index (χ0) is 16.8. The molecule has 0 aliphatic heterocycles. The molecule has 5 heteroatoms. The Bertz CT molecular complexity index is 779. The van der Waals surface area contributed by atoms with Crippen LogP contribution in [0.4, 0.5) is 0 Å². The van der Waals surface area contributed by atoms with Gasteiger partial charge >= 0.3 is 0 Å². The second kappa shape index (κ2) is 7.82. The van der Waals surface area contributed by atoms with Gasteiger partial charge in [0.2, 0.25) is 0 Å². The standard InChI is InChI=1S/C18H14Cl2N2O/c1-12(13-6-3-2-4-7-13)22-18(23)15(11-21)10-14-8-5-9-16(19)17(14)20/h2-10,12H,1H3,(H,22,23)/b15-10-. The van der Waals surface area contributed by atoms with Gasteiger partial charge in [-0.2, -0.15) is 5.26 Å². The van der Waals surface area contributed by atoms with Crippen LogP contribution in [0.3, 0.4) is 0 Å². The van der Waals surface area contributed by atoms with Crippen LogP contribution in [0.1, 0.15) is 24.1 Å². The number of nitrogens with zero attached hydrogens (tertiary/aromatic N) is 1. The van der Waals surface area contributed by atoms with Gasteiger partial charge in [0, 0.05) is 0 Å². The Morgan fingerprint density at radius 1 is 1.17 bits per heavy atom. The van der Waals surface area contributed by atoms with Crippen LogP contribution in [-0.4, -0.2) is 5.91 Å². The van der Waals surface area contributed by atoms with Crippen LogP contribution in [0, 0.1) is 11.3 Å². The molecule has 2 aromatic rings. The van der Waals surface area contributed by atoms with E-state index in [1.165, 1.54) is 6.08 Å². The van der Waals surface area contributed by atoms with E-state index in [0.29, 0.717) is 15.6 Å². The van der Waals surface area contributed by atoms with E-state index in [0.717, 1.165) is 5.56 Å². The molecule has 0 aromatic heterocycles. The normalized spacial score (nSPS) is 12.3. The minimum absolute atomic E-state index is 0.0306. The van der Waals surface area contributed by atoms with Gasteiger partial charge in [-0.1, -0.05) is 65.7 Å². The number of carbonyl (C=O) groups is 1. The van der Waals surface area contributed by atoms with E-state index >= 15 is 0 Å². The quantitative estimate of drug-likeness (QED) is 0.641. The summed E-state index contributed by atoms with van der Waals surface area (Å²) in [6, 6.07) is 16.2. The van der Waals surface area contributed by atoms with Crippen LogP contribution in [0.5, 0.6) is 0 Å². The Kier molecular flexibility index (Phi) is 5.81. The Labute approximate surface area is 145 Å². The SMILES string of the molecule is CC(NC(=O)/C(C#N)=C\c1cccc(Cl)c1Cl)c1ccccc1. The lowest BCUT2D eigenvalue weighted by Crippen LogP contribution is -2.27. The summed E-state index contributed by atoms with van der Waals surface area (Å²) in [7, 11) is 0. The maximum atomic E-state index is 12.3. The van der Waals surface area contributed by atoms with Crippen molar-refractivity contribution in [1.29, 1.82) is 5.26 Å². The van der Waals surface area contributed by atoms with E-state index in [2.05, 4.69) is 5.32 Å². The molecule has 1 atom stereocenters. The molecule has 0 heterocycles. The first-order chi connectivity index (χ1) is 11.0. The minimum Gasteiger partial charge on any atom is -0.345 e. The van der Waals surface area contributed by atoms with Crippen LogP contribution in [0.25, 0.3) is 6.08 Å². The molecule has 2 rings (SSSR count). The fourth-order valence-electron chi connectivity index (χ4n) is 2.04. The third kappa shape index (κ3) is 4.35. The summed E-state index contributed by atoms with van der Waals surface area (Å²) in [6.45, 7) is 1.86. The van der Waals surface area contributed by atoms with Crippen LogP contribution in [0.2, 0.25) is 10.0 Å². The van der Waals surface area contributed by atoms with Gasteiger partial charge in [-0.15, -0.1) is 0 Å². The van der Waals surface area contributed by atoms with Crippen molar-refractivity contribution in [2.45, 2.75) is 13.0 Å². The van der Waals surface area contributed by atoms with E-state index in [4.69, 9.17) is 23.2 Å². The van der Waals surface area contributed by atoms with Gasteiger partial charge in [-0.25, -0.2) is 0 Å². The third-order valence-corrected chi connectivity index (χ3v) is 4.13. The van der Waals surface area contributed by atoms with Gasteiger partial charge in [0.15, 0.2) is 0 Å². The lowest BCUT2D eigenvalue weighted by Gasteiger charge is -2.13. The van der Waals surface area contributed by atoms with Gasteiger partial charge in [-0.3, -0.25) is 4.79 Å². The average Bonchev–Trinajstić information content (AvgIpc) is 2.56. The van der Waals surface area contributed by atoms with Crippen LogP contribution in [0.15, 0.2) is 54.1 Å². The highest BCUT2D eigenvalue weighted by Crippen LogP contribution is 2.27. The summed E-state index contributed by atoms with van der Waals surface area (Å²) in [5.74, 6) is -0.458. The highest BCUT2D eigenvalue weighted by Gasteiger charge is 2.14. The number of halogens is 2. The molecule has 0 aliphatic carbocycles. The smallest absolute Gasteiger partial charge is 0.262 e. The molecule has 0 fully saturated rings. The summed E-state index contributed by atoms with van der Waals surface area (Å²) in [6.07, 6.45) is 1.43. The zero-order valence-corrected chi connectivity index (χ0v) is 13.9. The monoisotopic (exact) mass is 344 g/mol. The third-order valence-electron chi connectivity index (χ3n) is 3.29. The molecule has 2 aromatic carbocycles. The fraction of sp³-hybridized carbons (Fsp3) is 0.111. The van der Waals surface area contributed by atoms with E-state index in [1.54, 1.807) is 18.2 Å². The van der Waals surface area contributed by atoms with E-state index in [1.807, 2.05) is 43.3 Å². The highest BCUT2D eigenvalue weighted by atomic mass is 35.5. The number of hydrogen-bond acceptors (Lipinski definition) is 2. The van der Waals surface area contributed by atoms with Crippen molar-refractivity contribution in [3.63, 3.8) is 0 Å². The lowest BCUT2D eigenvalue weighted by molar-refractivity contribution is -0.117. The number of benzene rings is 2. The Morgan fingerprint density at radius 2 is 1.87 bits per heavy atom. The van der Waals surface area contributed by atoms with Gasteiger partial charge in [0.05, 0.1) is 16.1 Å². The van der Waals surface area contributed by atoms with Gasteiger partial charge in [0.1, 0.15) is 11.6 Å². The molecule has 0 aliphatic rings. The molecular formula is C18H14Cl2N2O. The van der Waals surface area contributed by atoms with Crippen molar-refractivity contribution in [2.24, 2.45) is 0 Å². The number of carbonyl (C=O) groups excluding carboxylic acids is 1. The topological polar surface area (TPSA) is 52.9 Å². The van der Waals surface area contributed by atoms with Crippen LogP contribution < -0.4 is 5.32 Å². The van der Waals surface area contributed by atoms with Crippen LogP contribution in [-0.2, 0) is 4.79 Å². The van der Waals surface area contributed by atoms with Crippen molar-refractivity contribution in [2.75, 3.05) is 0 Å². The largest absolute Gasteiger partial charge is 0.345 e. The number of hydrogen-bond donors (Lipinski definition) is 1. The van der Waals surface area contributed by atoms with Gasteiger partial charge in [0.25, 0.3) is 5.91 Å². The number of nitriles is 1. The molecule has 1 N–H and O–H groups in total. The molecule has 0 bridgehead atoms. The van der Waals surface area contributed by atoms with Crippen molar-refractivity contribution < 1.29 is 4.79 Å². The van der Waals surface area contributed by atoms with Crippen LogP contribution >= 0.6 is 23.2 Å². The van der Waals surface area contributed by atoms with Crippen molar-refractivity contribution in [1.82, 2.24) is 5.32 Å². The lowest BCUT2D eigenvalue weighted by atomic mass is 10.1. The van der Waals surface area contributed by atoms with Crippen molar-refractivity contribution >= 4 is 35.2 Å². The van der Waals surface area contributed by atoms with E-state index < -0.39 is 5.91 Å². The maximum Gasteiger partial charge on any atom is 0.262 e. The fourth-order valence-corrected chi connectivity index (χ4v) is 2.40. The van der Waals surface area contributed by atoms with Gasteiger partial charge in [-0.05, 0) is 30.2 Å². The summed E-state index contributed by atoms with van der Waals surface area (Å²) in [4.78, 5) is 12.3. The second-order valence-corrected chi connectivity index (χ2v) is 5.70. The summed E-state index contributed by atoms with van der Waals surface area (Å²) < 4.78 is 0. The van der Waals surface area contributed by atoms with E-state index in [9.17, 15) is 10.1 Å². The molecule has 116 valence electrons. The number of rotatable bonds is 4. The van der Waals surface area contributed by atoms with Gasteiger partial charge < -0.3 is 5.32 Å². The molecule has 1 amide bonds. The molecule has 0 radical (unpaired) electrons.